The quantitative estimate of drug-likeness (QED) is 0.587. The van der Waals surface area contributed by atoms with Crippen molar-refractivity contribution in [3.8, 4) is 0 Å². The van der Waals surface area contributed by atoms with E-state index in [2.05, 4.69) is 22.1 Å². The molecular weight excluding hydrogens is 412 g/mol. The fourth-order valence-electron chi connectivity index (χ4n) is 3.88. The fourth-order valence-corrected chi connectivity index (χ4v) is 4.57. The van der Waals surface area contributed by atoms with E-state index in [4.69, 9.17) is 9.72 Å². The number of benzene rings is 1. The summed E-state index contributed by atoms with van der Waals surface area (Å²) in [5.74, 6) is -0.895. The number of hydrogen-bond donors (Lipinski definition) is 1. The van der Waals surface area contributed by atoms with E-state index in [1.54, 1.807) is 6.92 Å². The number of amides is 1. The smallest absolute Gasteiger partial charge is 0.339 e. The van der Waals surface area contributed by atoms with Crippen LogP contribution in [0.1, 0.15) is 47.6 Å². The Kier molecular flexibility index (Phi) is 6.29. The Morgan fingerprint density at radius 3 is 2.84 bits per heavy atom. The predicted molar refractivity (Wildman–Crippen MR) is 121 cm³/mol. The number of para-hydroxylation sites is 1. The standard InChI is InChI=1S/C23H26N4O3S/c1-4-10-27-11-9-19-17(12-27)20(16-7-5-6-8-18(16)25-19)22(29)30-15(3)21(28)26-23-24-14(2)13-31-23/h5-8,13,15H,4,9-12H2,1-3H3,(H,24,26,28). The van der Waals surface area contributed by atoms with Crippen molar-refractivity contribution >= 4 is 39.2 Å². The average molecular weight is 439 g/mol. The highest BCUT2D eigenvalue weighted by atomic mass is 32.1. The van der Waals surface area contributed by atoms with E-state index in [0.29, 0.717) is 17.2 Å². The largest absolute Gasteiger partial charge is 0.449 e. The number of ether oxygens (including phenoxy) is 1. The number of nitrogens with one attached hydrogen (secondary N) is 1. The van der Waals surface area contributed by atoms with E-state index in [1.165, 1.54) is 11.3 Å². The van der Waals surface area contributed by atoms with Crippen LogP contribution in [0.4, 0.5) is 5.13 Å². The molecule has 0 aliphatic carbocycles. The molecule has 0 saturated heterocycles. The van der Waals surface area contributed by atoms with Gasteiger partial charge >= 0.3 is 5.97 Å². The summed E-state index contributed by atoms with van der Waals surface area (Å²) in [6, 6.07) is 7.60. The second kappa shape index (κ2) is 9.11. The molecule has 0 radical (unpaired) electrons. The molecule has 1 N–H and O–H groups in total. The summed E-state index contributed by atoms with van der Waals surface area (Å²) in [7, 11) is 0. The number of pyridine rings is 1. The highest BCUT2D eigenvalue weighted by molar-refractivity contribution is 7.13. The van der Waals surface area contributed by atoms with Crippen LogP contribution in [-0.4, -0.2) is 45.9 Å². The van der Waals surface area contributed by atoms with Crippen LogP contribution in [-0.2, 0) is 22.5 Å². The van der Waals surface area contributed by atoms with Crippen LogP contribution in [0.25, 0.3) is 10.9 Å². The van der Waals surface area contributed by atoms with Gasteiger partial charge in [-0.15, -0.1) is 11.3 Å². The lowest BCUT2D eigenvalue weighted by molar-refractivity contribution is -0.123. The van der Waals surface area contributed by atoms with Crippen molar-refractivity contribution < 1.29 is 14.3 Å². The molecule has 1 aromatic carbocycles. The molecule has 2 aromatic heterocycles. The third-order valence-electron chi connectivity index (χ3n) is 5.37. The molecule has 4 rings (SSSR count). The molecule has 162 valence electrons. The van der Waals surface area contributed by atoms with Gasteiger partial charge in [-0.25, -0.2) is 9.78 Å². The SMILES string of the molecule is CCCN1CCc2nc3ccccc3c(C(=O)OC(C)C(=O)Nc3nc(C)cs3)c2C1. The van der Waals surface area contributed by atoms with Gasteiger partial charge in [0.25, 0.3) is 5.91 Å². The molecule has 1 atom stereocenters. The van der Waals surface area contributed by atoms with Crippen molar-refractivity contribution in [2.45, 2.75) is 46.3 Å². The first-order chi connectivity index (χ1) is 15.0. The molecule has 0 bridgehead atoms. The topological polar surface area (TPSA) is 84.4 Å². The van der Waals surface area contributed by atoms with Crippen LogP contribution in [0.3, 0.4) is 0 Å². The number of rotatable bonds is 6. The van der Waals surface area contributed by atoms with Gasteiger partial charge in [0.05, 0.1) is 16.8 Å². The summed E-state index contributed by atoms with van der Waals surface area (Å²) in [6.45, 7) is 8.12. The minimum Gasteiger partial charge on any atom is -0.449 e. The normalized spacial score (nSPS) is 14.8. The van der Waals surface area contributed by atoms with Crippen LogP contribution >= 0.6 is 11.3 Å². The van der Waals surface area contributed by atoms with E-state index in [1.807, 2.05) is 36.6 Å². The highest BCUT2D eigenvalue weighted by Crippen LogP contribution is 2.29. The van der Waals surface area contributed by atoms with E-state index in [-0.39, 0.29) is 0 Å². The summed E-state index contributed by atoms with van der Waals surface area (Å²) < 4.78 is 5.63. The lowest BCUT2D eigenvalue weighted by atomic mass is 9.95. The van der Waals surface area contributed by atoms with Gasteiger partial charge in [-0.3, -0.25) is 20.0 Å². The first-order valence-corrected chi connectivity index (χ1v) is 11.4. The number of fused-ring (bicyclic) bond motifs is 2. The maximum absolute atomic E-state index is 13.3. The van der Waals surface area contributed by atoms with E-state index >= 15 is 0 Å². The number of carbonyl (C=O) groups is 2. The molecule has 1 aliphatic heterocycles. The fraction of sp³-hybridized carbons (Fsp3) is 0.391. The Morgan fingerprint density at radius 2 is 2.10 bits per heavy atom. The summed E-state index contributed by atoms with van der Waals surface area (Å²) in [5, 5.41) is 5.81. The summed E-state index contributed by atoms with van der Waals surface area (Å²) in [5.41, 5.74) is 3.97. The lowest BCUT2D eigenvalue weighted by Gasteiger charge is -2.29. The molecule has 31 heavy (non-hydrogen) atoms. The van der Waals surface area contributed by atoms with Crippen LogP contribution in [0, 0.1) is 6.92 Å². The molecule has 1 aliphatic rings. The number of carbonyl (C=O) groups excluding carboxylic acids is 2. The third-order valence-corrected chi connectivity index (χ3v) is 6.25. The third kappa shape index (κ3) is 4.60. The van der Waals surface area contributed by atoms with Crippen molar-refractivity contribution in [3.05, 3.63) is 52.2 Å². The van der Waals surface area contributed by atoms with Crippen molar-refractivity contribution in [1.29, 1.82) is 0 Å². The van der Waals surface area contributed by atoms with Gasteiger partial charge in [-0.1, -0.05) is 25.1 Å². The van der Waals surface area contributed by atoms with E-state index < -0.39 is 18.0 Å². The Bertz CT molecular complexity index is 1130. The maximum atomic E-state index is 13.3. The van der Waals surface area contributed by atoms with Gasteiger partial charge in [0.2, 0.25) is 0 Å². The van der Waals surface area contributed by atoms with Gasteiger partial charge < -0.3 is 4.74 Å². The number of aryl methyl sites for hydroxylation is 1. The first kappa shape index (κ1) is 21.4. The van der Waals surface area contributed by atoms with Crippen molar-refractivity contribution in [1.82, 2.24) is 14.9 Å². The molecule has 0 fully saturated rings. The summed E-state index contributed by atoms with van der Waals surface area (Å²) >= 11 is 1.34. The predicted octanol–water partition coefficient (Wildman–Crippen LogP) is 3.95. The molecule has 3 aromatic rings. The van der Waals surface area contributed by atoms with Gasteiger partial charge in [0, 0.05) is 41.5 Å². The Morgan fingerprint density at radius 1 is 1.29 bits per heavy atom. The molecule has 8 heteroatoms. The lowest BCUT2D eigenvalue weighted by Crippen LogP contribution is -2.34. The van der Waals surface area contributed by atoms with Gasteiger partial charge in [-0.2, -0.15) is 0 Å². The number of hydrogen-bond acceptors (Lipinski definition) is 7. The summed E-state index contributed by atoms with van der Waals surface area (Å²) in [6.07, 6.45) is 0.887. The number of anilines is 1. The van der Waals surface area contributed by atoms with Gasteiger partial charge in [0.1, 0.15) is 0 Å². The zero-order chi connectivity index (χ0) is 22.0. The first-order valence-electron chi connectivity index (χ1n) is 10.5. The minimum absolute atomic E-state index is 0.400. The second-order valence-corrected chi connectivity index (χ2v) is 8.64. The van der Waals surface area contributed by atoms with Crippen LogP contribution in [0.15, 0.2) is 29.6 Å². The zero-order valence-corrected chi connectivity index (χ0v) is 18.8. The van der Waals surface area contributed by atoms with Crippen LogP contribution in [0.5, 0.6) is 0 Å². The molecule has 1 unspecified atom stereocenters. The average Bonchev–Trinajstić information content (AvgIpc) is 3.16. The summed E-state index contributed by atoms with van der Waals surface area (Å²) in [4.78, 5) is 37.2. The Balaban J connectivity index is 1.62. The van der Waals surface area contributed by atoms with E-state index in [0.717, 1.165) is 53.8 Å². The second-order valence-electron chi connectivity index (χ2n) is 7.79. The number of aromatic nitrogens is 2. The molecule has 0 saturated carbocycles. The van der Waals surface area contributed by atoms with Crippen LogP contribution < -0.4 is 5.32 Å². The molecule has 7 nitrogen and oxygen atoms in total. The molecule has 0 spiro atoms. The monoisotopic (exact) mass is 438 g/mol. The molecular formula is C23H26N4O3S. The zero-order valence-electron chi connectivity index (χ0n) is 18.0. The van der Waals surface area contributed by atoms with Gasteiger partial charge in [-0.05, 0) is 32.9 Å². The van der Waals surface area contributed by atoms with Crippen molar-refractivity contribution in [3.63, 3.8) is 0 Å². The van der Waals surface area contributed by atoms with E-state index in [9.17, 15) is 9.59 Å². The highest BCUT2D eigenvalue weighted by Gasteiger charge is 2.28. The Labute approximate surface area is 185 Å². The number of thiazole rings is 1. The Hall–Kier alpha value is -2.84. The van der Waals surface area contributed by atoms with Crippen molar-refractivity contribution in [2.24, 2.45) is 0 Å². The molecule has 1 amide bonds. The van der Waals surface area contributed by atoms with Gasteiger partial charge in [0.15, 0.2) is 11.2 Å². The number of nitrogens with zero attached hydrogens (tertiary/aromatic N) is 3. The van der Waals surface area contributed by atoms with Crippen LogP contribution in [0.2, 0.25) is 0 Å². The minimum atomic E-state index is -0.949. The molecule has 3 heterocycles. The maximum Gasteiger partial charge on any atom is 0.339 e. The number of esters is 1. The van der Waals surface area contributed by atoms with Crippen molar-refractivity contribution in [2.75, 3.05) is 18.4 Å².